The molecule has 0 amide bonds. The maximum absolute atomic E-state index is 5.33. The zero-order valence-corrected chi connectivity index (χ0v) is 14.1. The van der Waals surface area contributed by atoms with Crippen LogP contribution in [0.1, 0.15) is 12.6 Å². The Kier molecular flexibility index (Phi) is 5.01. The van der Waals surface area contributed by atoms with E-state index in [4.69, 9.17) is 9.47 Å². The number of anilines is 1. The lowest BCUT2D eigenvalue weighted by molar-refractivity contribution is 0.355. The van der Waals surface area contributed by atoms with Crippen LogP contribution in [-0.2, 0) is 6.42 Å². The van der Waals surface area contributed by atoms with Crippen LogP contribution in [-0.4, -0.2) is 31.2 Å². The molecule has 1 aromatic carbocycles. The quantitative estimate of drug-likeness (QED) is 0.892. The summed E-state index contributed by atoms with van der Waals surface area (Å²) in [5.41, 5.74) is 1.84. The van der Waals surface area contributed by atoms with Crippen molar-refractivity contribution in [2.45, 2.75) is 13.3 Å². The molecule has 0 saturated heterocycles. The highest BCUT2D eigenvalue weighted by Gasteiger charge is 2.13. The Labute approximate surface area is 132 Å². The predicted molar refractivity (Wildman–Crippen MR) is 87.2 cm³/mol. The summed E-state index contributed by atoms with van der Waals surface area (Å²) in [5.74, 6) is 2.76. The summed E-state index contributed by atoms with van der Waals surface area (Å²) in [5, 5.41) is 3.08. The van der Waals surface area contributed by atoms with Gasteiger partial charge in [0.05, 0.1) is 24.4 Å². The molecule has 0 radical (unpaired) electrons. The minimum atomic E-state index is 0.653. The molecule has 0 aliphatic carbocycles. The van der Waals surface area contributed by atoms with Crippen LogP contribution in [0.15, 0.2) is 22.7 Å². The fourth-order valence-corrected chi connectivity index (χ4v) is 2.65. The van der Waals surface area contributed by atoms with Crippen LogP contribution in [0.4, 0.5) is 5.82 Å². The Morgan fingerprint density at radius 3 is 2.43 bits per heavy atom. The first-order chi connectivity index (χ1) is 10.1. The highest BCUT2D eigenvalue weighted by molar-refractivity contribution is 9.10. The summed E-state index contributed by atoms with van der Waals surface area (Å²) in [6.07, 6.45) is 0.818. The van der Waals surface area contributed by atoms with Gasteiger partial charge in [0.2, 0.25) is 0 Å². The molecular formula is C15H18BrN3O2. The van der Waals surface area contributed by atoms with Crippen LogP contribution >= 0.6 is 15.9 Å². The van der Waals surface area contributed by atoms with Crippen LogP contribution in [0.5, 0.6) is 11.5 Å². The fraction of sp³-hybridized carbons (Fsp3) is 0.333. The number of methoxy groups -OCH3 is 2. The van der Waals surface area contributed by atoms with Crippen molar-refractivity contribution < 1.29 is 9.47 Å². The molecule has 21 heavy (non-hydrogen) atoms. The van der Waals surface area contributed by atoms with Crippen LogP contribution in [0.2, 0.25) is 0 Å². The van der Waals surface area contributed by atoms with Crippen LogP contribution in [0.25, 0.3) is 11.4 Å². The topological polar surface area (TPSA) is 56.3 Å². The minimum Gasteiger partial charge on any atom is -0.493 e. The molecule has 0 aliphatic heterocycles. The van der Waals surface area contributed by atoms with E-state index >= 15 is 0 Å². The Bertz CT molecular complexity index is 622. The van der Waals surface area contributed by atoms with Gasteiger partial charge in [0, 0.05) is 12.6 Å². The molecule has 2 aromatic rings. The first kappa shape index (κ1) is 15.6. The van der Waals surface area contributed by atoms with E-state index in [2.05, 4.69) is 38.1 Å². The maximum atomic E-state index is 5.33. The van der Waals surface area contributed by atoms with E-state index in [-0.39, 0.29) is 0 Å². The molecule has 0 spiro atoms. The third kappa shape index (κ3) is 3.10. The number of nitrogens with one attached hydrogen (secondary N) is 1. The first-order valence-corrected chi connectivity index (χ1v) is 7.40. The standard InChI is InChI=1S/C15H18BrN3O2/c1-5-10-13(16)15(17-2)19-14(18-10)9-6-7-11(20-3)12(8-9)21-4/h6-8H,5H2,1-4H3,(H,17,18,19). The number of nitrogens with zero attached hydrogens (tertiary/aromatic N) is 2. The van der Waals surface area contributed by atoms with Gasteiger partial charge in [-0.25, -0.2) is 9.97 Å². The molecule has 0 fully saturated rings. The highest BCUT2D eigenvalue weighted by Crippen LogP contribution is 2.33. The average molecular weight is 352 g/mol. The van der Waals surface area contributed by atoms with E-state index in [0.29, 0.717) is 17.3 Å². The lowest BCUT2D eigenvalue weighted by atomic mass is 10.1. The zero-order valence-electron chi connectivity index (χ0n) is 12.5. The van der Waals surface area contributed by atoms with Crippen molar-refractivity contribution in [2.75, 3.05) is 26.6 Å². The fourth-order valence-electron chi connectivity index (χ4n) is 2.00. The average Bonchev–Trinajstić information content (AvgIpc) is 2.54. The van der Waals surface area contributed by atoms with E-state index in [1.807, 2.05) is 25.2 Å². The maximum Gasteiger partial charge on any atom is 0.161 e. The highest BCUT2D eigenvalue weighted by atomic mass is 79.9. The van der Waals surface area contributed by atoms with Crippen molar-refractivity contribution in [1.29, 1.82) is 0 Å². The van der Waals surface area contributed by atoms with E-state index in [1.165, 1.54) is 0 Å². The van der Waals surface area contributed by atoms with Crippen molar-refractivity contribution >= 4 is 21.7 Å². The summed E-state index contributed by atoms with van der Waals surface area (Å²) in [6.45, 7) is 2.06. The Hall–Kier alpha value is -1.82. The first-order valence-electron chi connectivity index (χ1n) is 6.61. The molecule has 1 aromatic heterocycles. The second-order valence-corrected chi connectivity index (χ2v) is 5.12. The lowest BCUT2D eigenvalue weighted by Crippen LogP contribution is -2.03. The molecule has 0 unspecified atom stereocenters. The van der Waals surface area contributed by atoms with Crippen LogP contribution in [0.3, 0.4) is 0 Å². The number of benzene rings is 1. The van der Waals surface area contributed by atoms with Crippen molar-refractivity contribution in [1.82, 2.24) is 9.97 Å². The van der Waals surface area contributed by atoms with Crippen molar-refractivity contribution in [3.8, 4) is 22.9 Å². The van der Waals surface area contributed by atoms with Gasteiger partial charge in [0.25, 0.3) is 0 Å². The number of ether oxygens (including phenoxy) is 2. The van der Waals surface area contributed by atoms with Gasteiger partial charge in [0.1, 0.15) is 5.82 Å². The van der Waals surface area contributed by atoms with Crippen LogP contribution < -0.4 is 14.8 Å². The number of aromatic nitrogens is 2. The molecule has 1 N–H and O–H groups in total. The van der Waals surface area contributed by atoms with E-state index in [1.54, 1.807) is 14.2 Å². The Balaban J connectivity index is 2.56. The molecular weight excluding hydrogens is 334 g/mol. The van der Waals surface area contributed by atoms with Gasteiger partial charge in [-0.2, -0.15) is 0 Å². The summed E-state index contributed by atoms with van der Waals surface area (Å²) in [7, 11) is 5.06. The van der Waals surface area contributed by atoms with Gasteiger partial charge in [0.15, 0.2) is 17.3 Å². The summed E-state index contributed by atoms with van der Waals surface area (Å²) >= 11 is 3.53. The molecule has 6 heteroatoms. The normalized spacial score (nSPS) is 10.3. The van der Waals surface area contributed by atoms with Crippen LogP contribution in [0, 0.1) is 0 Å². The van der Waals surface area contributed by atoms with Gasteiger partial charge < -0.3 is 14.8 Å². The molecule has 0 bridgehead atoms. The second-order valence-electron chi connectivity index (χ2n) is 4.33. The number of hydrogen-bond acceptors (Lipinski definition) is 5. The van der Waals surface area contributed by atoms with Crippen molar-refractivity contribution in [2.24, 2.45) is 0 Å². The van der Waals surface area contributed by atoms with Gasteiger partial charge in [-0.1, -0.05) is 6.92 Å². The Morgan fingerprint density at radius 1 is 1.14 bits per heavy atom. The second kappa shape index (κ2) is 6.76. The third-order valence-corrected chi connectivity index (χ3v) is 3.97. The summed E-state index contributed by atoms with van der Waals surface area (Å²) < 4.78 is 11.5. The molecule has 112 valence electrons. The van der Waals surface area contributed by atoms with Gasteiger partial charge in [-0.15, -0.1) is 0 Å². The van der Waals surface area contributed by atoms with E-state index < -0.39 is 0 Å². The monoisotopic (exact) mass is 351 g/mol. The van der Waals surface area contributed by atoms with Gasteiger partial charge >= 0.3 is 0 Å². The molecule has 0 saturated carbocycles. The van der Waals surface area contributed by atoms with Gasteiger partial charge in [-0.3, -0.25) is 0 Å². The summed E-state index contributed by atoms with van der Waals surface area (Å²) in [4.78, 5) is 9.14. The van der Waals surface area contributed by atoms with Crippen molar-refractivity contribution in [3.05, 3.63) is 28.4 Å². The molecule has 0 aliphatic rings. The largest absolute Gasteiger partial charge is 0.493 e. The molecule has 0 atom stereocenters. The van der Waals surface area contributed by atoms with E-state index in [9.17, 15) is 0 Å². The molecule has 1 heterocycles. The molecule has 2 rings (SSSR count). The lowest BCUT2D eigenvalue weighted by Gasteiger charge is -2.12. The minimum absolute atomic E-state index is 0.653. The zero-order chi connectivity index (χ0) is 15.4. The van der Waals surface area contributed by atoms with Crippen molar-refractivity contribution in [3.63, 3.8) is 0 Å². The smallest absolute Gasteiger partial charge is 0.161 e. The number of hydrogen-bond donors (Lipinski definition) is 1. The number of aryl methyl sites for hydroxylation is 1. The predicted octanol–water partition coefficient (Wildman–Crippen LogP) is 3.53. The van der Waals surface area contributed by atoms with Gasteiger partial charge in [-0.05, 0) is 40.5 Å². The number of rotatable bonds is 5. The Morgan fingerprint density at radius 2 is 1.86 bits per heavy atom. The molecule has 5 nitrogen and oxygen atoms in total. The third-order valence-electron chi connectivity index (χ3n) is 3.13. The van der Waals surface area contributed by atoms with E-state index in [0.717, 1.165) is 28.0 Å². The number of halogens is 1. The summed E-state index contributed by atoms with van der Waals surface area (Å²) in [6, 6.07) is 5.65. The SMILES string of the molecule is CCc1nc(-c2ccc(OC)c(OC)c2)nc(NC)c1Br.